The summed E-state index contributed by atoms with van der Waals surface area (Å²) in [5.41, 5.74) is 0. The maximum atomic E-state index is 12.2. The van der Waals surface area contributed by atoms with E-state index in [1.807, 2.05) is 13.8 Å². The van der Waals surface area contributed by atoms with Gasteiger partial charge in [0.05, 0.1) is 6.04 Å². The maximum absolute atomic E-state index is 12.2. The second-order valence-corrected chi connectivity index (χ2v) is 4.48. The van der Waals surface area contributed by atoms with Gasteiger partial charge in [0.1, 0.15) is 6.04 Å². The van der Waals surface area contributed by atoms with E-state index < -0.39 is 12.0 Å². The van der Waals surface area contributed by atoms with Crippen LogP contribution in [0.5, 0.6) is 0 Å². The van der Waals surface area contributed by atoms with Crippen molar-refractivity contribution in [3.63, 3.8) is 0 Å². The summed E-state index contributed by atoms with van der Waals surface area (Å²) in [7, 11) is 0. The van der Waals surface area contributed by atoms with Crippen LogP contribution in [0.15, 0.2) is 0 Å². The van der Waals surface area contributed by atoms with E-state index in [1.165, 1.54) is 0 Å². The fourth-order valence-corrected chi connectivity index (χ4v) is 2.35. The van der Waals surface area contributed by atoms with Crippen molar-refractivity contribution in [3.8, 4) is 0 Å². The number of nitrogens with zero attached hydrogens (tertiary/aromatic N) is 2. The topological polar surface area (TPSA) is 72.9 Å². The van der Waals surface area contributed by atoms with Crippen LogP contribution in [0.2, 0.25) is 0 Å². The minimum atomic E-state index is -0.874. The summed E-state index contributed by atoms with van der Waals surface area (Å²) in [6.07, 6.45) is 0. The average Bonchev–Trinajstić information content (AvgIpc) is 2.39. The third kappa shape index (κ3) is 3.20. The molecule has 18 heavy (non-hydrogen) atoms. The van der Waals surface area contributed by atoms with Crippen LogP contribution in [0.1, 0.15) is 20.8 Å². The molecule has 0 aromatic heterocycles. The first-order chi connectivity index (χ1) is 8.52. The Kier molecular flexibility index (Phi) is 5.55. The van der Waals surface area contributed by atoms with Crippen LogP contribution in [-0.2, 0) is 9.59 Å². The van der Waals surface area contributed by atoms with Gasteiger partial charge in [0.2, 0.25) is 5.91 Å². The molecule has 1 aliphatic rings. The molecular weight excluding hydrogens is 234 g/mol. The van der Waals surface area contributed by atoms with Crippen LogP contribution in [-0.4, -0.2) is 71.6 Å². The van der Waals surface area contributed by atoms with E-state index in [-0.39, 0.29) is 11.9 Å². The Morgan fingerprint density at radius 1 is 1.44 bits per heavy atom. The molecule has 0 aromatic carbocycles. The van der Waals surface area contributed by atoms with Crippen molar-refractivity contribution in [2.45, 2.75) is 32.9 Å². The molecule has 6 nitrogen and oxygen atoms in total. The highest BCUT2D eigenvalue weighted by Crippen LogP contribution is 2.11. The zero-order valence-corrected chi connectivity index (χ0v) is 11.3. The van der Waals surface area contributed by atoms with E-state index in [9.17, 15) is 14.7 Å². The summed E-state index contributed by atoms with van der Waals surface area (Å²) in [5.74, 6) is -0.866. The maximum Gasteiger partial charge on any atom is 0.322 e. The molecule has 1 rings (SSSR count). The van der Waals surface area contributed by atoms with Crippen molar-refractivity contribution < 1.29 is 14.7 Å². The number of amides is 1. The predicted octanol–water partition coefficient (Wildman–Crippen LogP) is -0.398. The second-order valence-electron chi connectivity index (χ2n) is 4.48. The molecule has 0 aliphatic carbocycles. The van der Waals surface area contributed by atoms with Crippen LogP contribution < -0.4 is 5.32 Å². The van der Waals surface area contributed by atoms with Gasteiger partial charge < -0.3 is 15.3 Å². The number of hydrogen-bond acceptors (Lipinski definition) is 4. The van der Waals surface area contributed by atoms with Crippen molar-refractivity contribution >= 4 is 11.9 Å². The summed E-state index contributed by atoms with van der Waals surface area (Å²) >= 11 is 0. The predicted molar refractivity (Wildman–Crippen MR) is 68.4 cm³/mol. The van der Waals surface area contributed by atoms with Gasteiger partial charge in [-0.2, -0.15) is 0 Å². The largest absolute Gasteiger partial charge is 0.480 e. The van der Waals surface area contributed by atoms with Crippen LogP contribution in [0, 0.1) is 0 Å². The number of carbonyl (C=O) groups is 2. The number of piperazine rings is 1. The van der Waals surface area contributed by atoms with Crippen molar-refractivity contribution in [2.75, 3.05) is 32.7 Å². The molecule has 0 bridgehead atoms. The van der Waals surface area contributed by atoms with E-state index in [0.29, 0.717) is 26.2 Å². The fraction of sp³-hybridized carbons (Fsp3) is 0.833. The molecule has 0 aromatic rings. The Hall–Kier alpha value is -1.14. The Morgan fingerprint density at radius 2 is 2.06 bits per heavy atom. The third-order valence-electron chi connectivity index (χ3n) is 3.50. The number of carboxylic acids is 1. The van der Waals surface area contributed by atoms with Crippen LogP contribution in [0.25, 0.3) is 0 Å². The van der Waals surface area contributed by atoms with Gasteiger partial charge in [0, 0.05) is 32.7 Å². The minimum Gasteiger partial charge on any atom is -0.480 e. The first kappa shape index (κ1) is 14.9. The molecule has 2 unspecified atom stereocenters. The van der Waals surface area contributed by atoms with Crippen molar-refractivity contribution in [3.05, 3.63) is 0 Å². The lowest BCUT2D eigenvalue weighted by atomic mass is 10.1. The van der Waals surface area contributed by atoms with Crippen LogP contribution >= 0.6 is 0 Å². The SMILES string of the molecule is CCN(CC)C(=O)C(C)N1CCNCC1C(=O)O. The Labute approximate surface area is 108 Å². The van der Waals surface area contributed by atoms with Gasteiger partial charge in [0.25, 0.3) is 0 Å². The standard InChI is InChI=1S/C12H23N3O3/c1-4-14(5-2)11(16)9(3)15-7-6-13-8-10(15)12(17)18/h9-10,13H,4-8H2,1-3H3,(H,17,18). The lowest BCUT2D eigenvalue weighted by Gasteiger charge is -2.38. The highest BCUT2D eigenvalue weighted by molar-refractivity contribution is 5.83. The second kappa shape index (κ2) is 6.70. The fourth-order valence-electron chi connectivity index (χ4n) is 2.35. The van der Waals surface area contributed by atoms with E-state index >= 15 is 0 Å². The lowest BCUT2D eigenvalue weighted by molar-refractivity contribution is -0.148. The van der Waals surface area contributed by atoms with Crippen LogP contribution in [0.3, 0.4) is 0 Å². The number of carbonyl (C=O) groups excluding carboxylic acids is 1. The number of hydrogen-bond donors (Lipinski definition) is 2. The number of likely N-dealkylation sites (N-methyl/N-ethyl adjacent to an activating group) is 1. The van der Waals surface area contributed by atoms with Crippen molar-refractivity contribution in [1.29, 1.82) is 0 Å². The quantitative estimate of drug-likeness (QED) is 0.701. The molecule has 1 saturated heterocycles. The molecule has 0 radical (unpaired) electrons. The van der Waals surface area contributed by atoms with E-state index in [2.05, 4.69) is 5.32 Å². The monoisotopic (exact) mass is 257 g/mol. The number of nitrogens with one attached hydrogen (secondary N) is 1. The Morgan fingerprint density at radius 3 is 2.56 bits per heavy atom. The summed E-state index contributed by atoms with van der Waals surface area (Å²) in [6.45, 7) is 8.67. The molecule has 1 fully saturated rings. The molecule has 2 N–H and O–H groups in total. The highest BCUT2D eigenvalue weighted by Gasteiger charge is 2.35. The van der Waals surface area contributed by atoms with Crippen LogP contribution in [0.4, 0.5) is 0 Å². The Bertz CT molecular complexity index is 305. The molecule has 6 heteroatoms. The summed E-state index contributed by atoms with van der Waals surface area (Å²) in [5, 5.41) is 12.2. The van der Waals surface area contributed by atoms with Crippen molar-refractivity contribution in [2.24, 2.45) is 0 Å². The van der Waals surface area contributed by atoms with Crippen molar-refractivity contribution in [1.82, 2.24) is 15.1 Å². The Balaban J connectivity index is 2.76. The van der Waals surface area contributed by atoms with Gasteiger partial charge in [-0.05, 0) is 20.8 Å². The number of aliphatic carboxylic acids is 1. The summed E-state index contributed by atoms with van der Waals surface area (Å²) < 4.78 is 0. The molecule has 2 atom stereocenters. The van der Waals surface area contributed by atoms with Gasteiger partial charge in [-0.15, -0.1) is 0 Å². The lowest BCUT2D eigenvalue weighted by Crippen LogP contribution is -2.61. The zero-order valence-electron chi connectivity index (χ0n) is 11.3. The molecule has 1 amide bonds. The van der Waals surface area contributed by atoms with Gasteiger partial charge in [-0.25, -0.2) is 0 Å². The average molecular weight is 257 g/mol. The summed E-state index contributed by atoms with van der Waals surface area (Å²) in [4.78, 5) is 27.0. The molecule has 0 spiro atoms. The van der Waals surface area contributed by atoms with Gasteiger partial charge >= 0.3 is 5.97 Å². The zero-order chi connectivity index (χ0) is 13.7. The van der Waals surface area contributed by atoms with Gasteiger partial charge in [0.15, 0.2) is 0 Å². The third-order valence-corrected chi connectivity index (χ3v) is 3.50. The molecule has 104 valence electrons. The first-order valence-electron chi connectivity index (χ1n) is 6.50. The minimum absolute atomic E-state index is 0.00755. The molecule has 0 saturated carbocycles. The van der Waals surface area contributed by atoms with E-state index in [0.717, 1.165) is 6.54 Å². The molecule has 1 aliphatic heterocycles. The molecule has 1 heterocycles. The normalized spacial score (nSPS) is 22.5. The smallest absolute Gasteiger partial charge is 0.322 e. The number of rotatable bonds is 5. The first-order valence-corrected chi connectivity index (χ1v) is 6.50. The van der Waals surface area contributed by atoms with E-state index in [1.54, 1.807) is 16.7 Å². The highest BCUT2D eigenvalue weighted by atomic mass is 16.4. The van der Waals surface area contributed by atoms with Gasteiger partial charge in [-0.3, -0.25) is 14.5 Å². The molecular formula is C12H23N3O3. The van der Waals surface area contributed by atoms with E-state index in [4.69, 9.17) is 0 Å². The number of carboxylic acid groups (broad SMARTS) is 1. The summed E-state index contributed by atoms with van der Waals surface area (Å²) in [6, 6.07) is -0.999. The van der Waals surface area contributed by atoms with Gasteiger partial charge in [-0.1, -0.05) is 0 Å².